The van der Waals surface area contributed by atoms with Crippen LogP contribution in [0.5, 0.6) is 0 Å². The predicted molar refractivity (Wildman–Crippen MR) is 77.5 cm³/mol. The minimum absolute atomic E-state index is 0.0319. The zero-order valence-electron chi connectivity index (χ0n) is 12.2. The number of terminal acetylenes is 1. The smallest absolute Gasteiger partial charge is 0.350 e. The van der Waals surface area contributed by atoms with Gasteiger partial charge in [0, 0.05) is 0 Å². The first-order valence-corrected chi connectivity index (χ1v) is 8.42. The summed E-state index contributed by atoms with van der Waals surface area (Å²) in [6.07, 6.45) is 0.515. The molecular weight excluding hydrogens is 345 g/mol. The third-order valence-electron chi connectivity index (χ3n) is 3.32. The van der Waals surface area contributed by atoms with Crippen LogP contribution in [0, 0.1) is 12.3 Å². The molecule has 2 heterocycles. The summed E-state index contributed by atoms with van der Waals surface area (Å²) < 4.78 is 22.1. The molecule has 1 aromatic rings. The van der Waals surface area contributed by atoms with E-state index in [2.05, 4.69) is 10.9 Å². The first kappa shape index (κ1) is 18.6. The number of aliphatic hydroxyl groups is 2. The summed E-state index contributed by atoms with van der Waals surface area (Å²) in [6.45, 7) is -0.372. The van der Waals surface area contributed by atoms with Crippen LogP contribution in [0.25, 0.3) is 0 Å². The fraction of sp³-hybridized carbons (Fsp3) is 0.500. The molecule has 1 aromatic heterocycles. The molecular formula is C12H16N3O8P. The molecule has 1 aliphatic heterocycles. The van der Waals surface area contributed by atoms with Gasteiger partial charge in [-0.3, -0.25) is 13.9 Å². The number of carbonyl (C=O) groups excluding carboxylic acids is 1. The number of imidazole rings is 1. The first-order chi connectivity index (χ1) is 11.2. The Morgan fingerprint density at radius 1 is 1.50 bits per heavy atom. The highest BCUT2D eigenvalue weighted by molar-refractivity contribution is 7.51. The number of nitrogens with two attached hydrogens (primary N) is 1. The number of hydrogen-bond acceptors (Lipinski definition) is 7. The fourth-order valence-corrected chi connectivity index (χ4v) is 2.60. The molecule has 0 bridgehead atoms. The fourth-order valence-electron chi connectivity index (χ4n) is 2.26. The maximum atomic E-state index is 11.3. The van der Waals surface area contributed by atoms with E-state index in [9.17, 15) is 19.6 Å². The summed E-state index contributed by atoms with van der Waals surface area (Å²) >= 11 is 0. The number of aliphatic hydroxyl groups excluding tert-OH is 2. The lowest BCUT2D eigenvalue weighted by Gasteiger charge is -2.17. The molecule has 6 N–H and O–H groups in total. The van der Waals surface area contributed by atoms with Crippen LogP contribution in [0.15, 0.2) is 6.33 Å². The van der Waals surface area contributed by atoms with Crippen molar-refractivity contribution in [3.63, 3.8) is 0 Å². The summed E-state index contributed by atoms with van der Waals surface area (Å²) in [5, 5.41) is 20.1. The number of amides is 1. The van der Waals surface area contributed by atoms with E-state index in [0.29, 0.717) is 0 Å². The van der Waals surface area contributed by atoms with Crippen LogP contribution in [-0.4, -0.2) is 66.7 Å². The normalized spacial score (nSPS) is 27.1. The topological polar surface area (TPSA) is 177 Å². The first-order valence-electron chi connectivity index (χ1n) is 6.63. The minimum Gasteiger partial charge on any atom is -0.387 e. The molecule has 1 fully saturated rings. The van der Waals surface area contributed by atoms with Crippen molar-refractivity contribution >= 4 is 13.5 Å². The molecule has 1 unspecified atom stereocenters. The average molecular weight is 361 g/mol. The van der Waals surface area contributed by atoms with Crippen molar-refractivity contribution in [1.29, 1.82) is 0 Å². The van der Waals surface area contributed by atoms with E-state index >= 15 is 0 Å². The minimum atomic E-state index is -4.37. The van der Waals surface area contributed by atoms with Crippen molar-refractivity contribution in [2.24, 2.45) is 5.73 Å². The van der Waals surface area contributed by atoms with Crippen LogP contribution in [0.2, 0.25) is 0 Å². The van der Waals surface area contributed by atoms with Gasteiger partial charge in [-0.15, -0.1) is 6.42 Å². The zero-order valence-corrected chi connectivity index (χ0v) is 13.1. The van der Waals surface area contributed by atoms with Gasteiger partial charge < -0.3 is 35.2 Å². The molecule has 11 nitrogen and oxygen atoms in total. The molecule has 4 atom stereocenters. The van der Waals surface area contributed by atoms with Gasteiger partial charge in [-0.25, -0.2) is 4.98 Å². The molecule has 24 heavy (non-hydrogen) atoms. The maximum Gasteiger partial charge on any atom is 0.350 e. The van der Waals surface area contributed by atoms with E-state index in [4.69, 9.17) is 31.4 Å². The molecule has 0 aromatic carbocycles. The molecule has 2 rings (SSSR count). The number of hydrogen-bond donors (Lipinski definition) is 5. The number of carbonyl (C=O) groups is 1. The third kappa shape index (κ3) is 3.82. The van der Waals surface area contributed by atoms with E-state index in [1.54, 1.807) is 0 Å². The molecule has 12 heteroatoms. The van der Waals surface area contributed by atoms with Crippen molar-refractivity contribution in [3.8, 4) is 12.3 Å². The number of ether oxygens (including phenoxy) is 2. The second-order valence-corrected chi connectivity index (χ2v) is 6.66. The Morgan fingerprint density at radius 3 is 2.71 bits per heavy atom. The Bertz CT molecular complexity index is 708. The Balaban J connectivity index is 2.14. The van der Waals surface area contributed by atoms with E-state index in [1.165, 1.54) is 0 Å². The standard InChI is InChI=1S/C12H16N3O8P/c1-2-6-8(11(13)18)14-4-15(6)12-10(17)9(16)7(23-12)3-22-5-24(19,20)21/h1,4,7,9-10,12,16-17H,3,5H2,(H2,13,18)(H2,19,20,21)/t7-,9-,10-,12?/m1/s1. The molecule has 0 saturated carbocycles. The van der Waals surface area contributed by atoms with Crippen molar-refractivity contribution in [3.05, 3.63) is 17.7 Å². The van der Waals surface area contributed by atoms with Crippen molar-refractivity contribution in [2.45, 2.75) is 24.5 Å². The van der Waals surface area contributed by atoms with Gasteiger partial charge in [-0.05, 0) is 5.92 Å². The highest BCUT2D eigenvalue weighted by Crippen LogP contribution is 2.35. The van der Waals surface area contributed by atoms with E-state index < -0.39 is 44.4 Å². The average Bonchev–Trinajstić information content (AvgIpc) is 3.02. The van der Waals surface area contributed by atoms with Gasteiger partial charge in [-0.1, -0.05) is 0 Å². The second kappa shape index (κ2) is 7.00. The van der Waals surface area contributed by atoms with Gasteiger partial charge >= 0.3 is 7.60 Å². The van der Waals surface area contributed by atoms with Gasteiger partial charge in [0.2, 0.25) is 0 Å². The van der Waals surface area contributed by atoms with Crippen LogP contribution in [0.3, 0.4) is 0 Å². The number of rotatable bonds is 6. The Kier molecular flexibility index (Phi) is 5.42. The molecule has 132 valence electrons. The van der Waals surface area contributed by atoms with Crippen molar-refractivity contribution in [1.82, 2.24) is 9.55 Å². The Morgan fingerprint density at radius 2 is 2.17 bits per heavy atom. The maximum absolute atomic E-state index is 11.3. The van der Waals surface area contributed by atoms with E-state index in [-0.39, 0.29) is 18.0 Å². The molecule has 0 spiro atoms. The molecule has 0 radical (unpaired) electrons. The number of nitrogens with zero attached hydrogens (tertiary/aromatic N) is 2. The van der Waals surface area contributed by atoms with Crippen LogP contribution >= 0.6 is 7.60 Å². The summed E-state index contributed by atoms with van der Waals surface area (Å²) in [5.41, 5.74) is 4.92. The third-order valence-corrected chi connectivity index (χ3v) is 3.84. The number of aromatic nitrogens is 2. The molecule has 1 amide bonds. The van der Waals surface area contributed by atoms with Crippen molar-refractivity contribution in [2.75, 3.05) is 13.0 Å². The SMILES string of the molecule is C#Cc1c(C(N)=O)ncn1C1O[C@H](COCP(=O)(O)O)[C@@H](O)[C@H]1O. The highest BCUT2D eigenvalue weighted by atomic mass is 31.2. The van der Waals surface area contributed by atoms with Gasteiger partial charge in [0.15, 0.2) is 11.9 Å². The van der Waals surface area contributed by atoms with Gasteiger partial charge in [0.1, 0.15) is 30.4 Å². The van der Waals surface area contributed by atoms with Gasteiger partial charge in [0.25, 0.3) is 5.91 Å². The monoisotopic (exact) mass is 361 g/mol. The quantitative estimate of drug-likeness (QED) is 0.276. The Hall–Kier alpha value is -1.77. The summed E-state index contributed by atoms with van der Waals surface area (Å²) in [6, 6.07) is 0. The summed E-state index contributed by atoms with van der Waals surface area (Å²) in [4.78, 5) is 32.4. The van der Waals surface area contributed by atoms with Crippen molar-refractivity contribution < 1.29 is 38.8 Å². The van der Waals surface area contributed by atoms with Gasteiger partial charge in [0.05, 0.1) is 12.9 Å². The van der Waals surface area contributed by atoms with E-state index in [0.717, 1.165) is 10.9 Å². The zero-order chi connectivity index (χ0) is 18.1. The summed E-state index contributed by atoms with van der Waals surface area (Å²) in [7, 11) is -4.37. The van der Waals surface area contributed by atoms with Crippen LogP contribution in [-0.2, 0) is 14.0 Å². The van der Waals surface area contributed by atoms with Crippen LogP contribution in [0.1, 0.15) is 22.4 Å². The lowest BCUT2D eigenvalue weighted by Crippen LogP contribution is -2.34. The molecule has 1 saturated heterocycles. The van der Waals surface area contributed by atoms with Crippen LogP contribution in [0.4, 0.5) is 0 Å². The Labute approximate surface area is 136 Å². The lowest BCUT2D eigenvalue weighted by atomic mass is 10.1. The van der Waals surface area contributed by atoms with Crippen LogP contribution < -0.4 is 5.73 Å². The van der Waals surface area contributed by atoms with Gasteiger partial charge in [-0.2, -0.15) is 0 Å². The molecule has 0 aliphatic carbocycles. The largest absolute Gasteiger partial charge is 0.387 e. The number of primary amides is 1. The highest BCUT2D eigenvalue weighted by Gasteiger charge is 2.44. The van der Waals surface area contributed by atoms with E-state index in [1.807, 2.05) is 0 Å². The summed E-state index contributed by atoms with van der Waals surface area (Å²) in [5.74, 6) is 1.34. The molecule has 1 aliphatic rings. The second-order valence-electron chi connectivity index (χ2n) is 5.07. The predicted octanol–water partition coefficient (Wildman–Crippen LogP) is -2.27. The lowest BCUT2D eigenvalue weighted by molar-refractivity contribution is -0.0629.